The third-order valence-electron chi connectivity index (χ3n) is 3.30. The van der Waals surface area contributed by atoms with Crippen LogP contribution < -0.4 is 5.73 Å². The number of nitrogens with two attached hydrogens (primary N) is 1. The molecule has 2 unspecified atom stereocenters. The molecule has 1 aromatic carbocycles. The third kappa shape index (κ3) is 2.18. The van der Waals surface area contributed by atoms with Gasteiger partial charge in [0.05, 0.1) is 0 Å². The predicted molar refractivity (Wildman–Crippen MR) is 63.2 cm³/mol. The fraction of sp³-hybridized carbons (Fsp3) is 0.500. The van der Waals surface area contributed by atoms with Crippen LogP contribution in [0.2, 0.25) is 0 Å². The van der Waals surface area contributed by atoms with E-state index in [-0.39, 0.29) is 5.54 Å². The van der Waals surface area contributed by atoms with E-state index in [1.165, 1.54) is 12.0 Å². The van der Waals surface area contributed by atoms with Crippen LogP contribution in [0.1, 0.15) is 25.3 Å². The highest BCUT2D eigenvalue weighted by Gasteiger charge is 2.46. The Balaban J connectivity index is 1.89. The van der Waals surface area contributed by atoms with Gasteiger partial charge < -0.3 is 5.73 Å². The smallest absolute Gasteiger partial charge is 0.0187 e. The van der Waals surface area contributed by atoms with Gasteiger partial charge in [-0.25, -0.2) is 0 Å². The molecule has 2 N–H and O–H groups in total. The van der Waals surface area contributed by atoms with Gasteiger partial charge in [0.1, 0.15) is 0 Å². The van der Waals surface area contributed by atoms with Gasteiger partial charge in [0, 0.05) is 10.0 Å². The van der Waals surface area contributed by atoms with Gasteiger partial charge in [-0.3, -0.25) is 0 Å². The highest BCUT2D eigenvalue weighted by molar-refractivity contribution is 9.10. The molecule has 1 aliphatic rings. The first kappa shape index (κ1) is 10.2. The highest BCUT2D eigenvalue weighted by atomic mass is 79.9. The van der Waals surface area contributed by atoms with Crippen molar-refractivity contribution in [2.24, 2.45) is 11.7 Å². The molecule has 1 aliphatic carbocycles. The van der Waals surface area contributed by atoms with Gasteiger partial charge in [-0.1, -0.05) is 35.0 Å². The standard InChI is InChI=1S/C12H16BrN/c1-9-8-12(9,14)7-6-10-2-4-11(13)5-3-10/h2-5,9H,6-8,14H2,1H3. The van der Waals surface area contributed by atoms with Crippen LogP contribution in [0.4, 0.5) is 0 Å². The van der Waals surface area contributed by atoms with Gasteiger partial charge >= 0.3 is 0 Å². The Morgan fingerprint density at radius 2 is 2.00 bits per heavy atom. The number of halogens is 1. The number of benzene rings is 1. The summed E-state index contributed by atoms with van der Waals surface area (Å²) in [6, 6.07) is 8.52. The Morgan fingerprint density at radius 3 is 2.50 bits per heavy atom. The average Bonchev–Trinajstić information content (AvgIpc) is 2.74. The Hall–Kier alpha value is -0.340. The lowest BCUT2D eigenvalue weighted by Gasteiger charge is -2.09. The minimum atomic E-state index is 0.146. The van der Waals surface area contributed by atoms with Crippen LogP contribution in [0.5, 0.6) is 0 Å². The molecule has 1 saturated carbocycles. The molecule has 0 amide bonds. The van der Waals surface area contributed by atoms with Gasteiger partial charge in [0.2, 0.25) is 0 Å². The van der Waals surface area contributed by atoms with Crippen molar-refractivity contribution >= 4 is 15.9 Å². The van der Waals surface area contributed by atoms with E-state index in [2.05, 4.69) is 47.1 Å². The van der Waals surface area contributed by atoms with Crippen molar-refractivity contribution in [3.8, 4) is 0 Å². The Bertz CT molecular complexity index is 320. The van der Waals surface area contributed by atoms with Gasteiger partial charge in [-0.05, 0) is 42.9 Å². The summed E-state index contributed by atoms with van der Waals surface area (Å²) in [4.78, 5) is 0. The molecule has 2 rings (SSSR count). The van der Waals surface area contributed by atoms with E-state index in [1.54, 1.807) is 0 Å². The van der Waals surface area contributed by atoms with Crippen LogP contribution in [-0.4, -0.2) is 5.54 Å². The van der Waals surface area contributed by atoms with Crippen LogP contribution >= 0.6 is 15.9 Å². The van der Waals surface area contributed by atoms with E-state index in [9.17, 15) is 0 Å². The molecule has 0 bridgehead atoms. The Morgan fingerprint density at radius 1 is 1.43 bits per heavy atom. The first-order valence-corrected chi connectivity index (χ1v) is 5.93. The molecular formula is C12H16BrN. The molecule has 0 radical (unpaired) electrons. The molecule has 14 heavy (non-hydrogen) atoms. The van der Waals surface area contributed by atoms with Crippen molar-refractivity contribution in [1.82, 2.24) is 0 Å². The number of hydrogen-bond acceptors (Lipinski definition) is 1. The highest BCUT2D eigenvalue weighted by Crippen LogP contribution is 2.43. The van der Waals surface area contributed by atoms with Gasteiger partial charge in [-0.2, -0.15) is 0 Å². The molecule has 0 spiro atoms. The lowest BCUT2D eigenvalue weighted by Crippen LogP contribution is -2.24. The summed E-state index contributed by atoms with van der Waals surface area (Å²) in [7, 11) is 0. The minimum Gasteiger partial charge on any atom is -0.325 e. The third-order valence-corrected chi connectivity index (χ3v) is 3.83. The summed E-state index contributed by atoms with van der Waals surface area (Å²) in [5.41, 5.74) is 7.69. The maximum absolute atomic E-state index is 6.16. The summed E-state index contributed by atoms with van der Waals surface area (Å²) in [5.74, 6) is 0.720. The summed E-state index contributed by atoms with van der Waals surface area (Å²) >= 11 is 3.43. The van der Waals surface area contributed by atoms with Gasteiger partial charge in [0.15, 0.2) is 0 Å². The number of rotatable bonds is 3. The van der Waals surface area contributed by atoms with Crippen LogP contribution in [0.3, 0.4) is 0 Å². The molecule has 1 nitrogen and oxygen atoms in total. The van der Waals surface area contributed by atoms with Crippen LogP contribution in [-0.2, 0) is 6.42 Å². The van der Waals surface area contributed by atoms with Gasteiger partial charge in [0.25, 0.3) is 0 Å². The quantitative estimate of drug-likeness (QED) is 0.881. The maximum atomic E-state index is 6.16. The summed E-state index contributed by atoms with van der Waals surface area (Å²) < 4.78 is 1.14. The molecule has 0 heterocycles. The topological polar surface area (TPSA) is 26.0 Å². The molecule has 76 valence electrons. The Kier molecular flexibility index (Phi) is 2.67. The van der Waals surface area contributed by atoms with E-state index in [0.29, 0.717) is 0 Å². The van der Waals surface area contributed by atoms with Crippen LogP contribution in [0.15, 0.2) is 28.7 Å². The van der Waals surface area contributed by atoms with E-state index in [4.69, 9.17) is 5.73 Å². The van der Waals surface area contributed by atoms with E-state index in [1.807, 2.05) is 0 Å². The molecule has 0 aliphatic heterocycles. The molecular weight excluding hydrogens is 238 g/mol. The summed E-state index contributed by atoms with van der Waals surface area (Å²) in [6.07, 6.45) is 3.42. The number of aryl methyl sites for hydroxylation is 1. The van der Waals surface area contributed by atoms with Crippen molar-refractivity contribution in [1.29, 1.82) is 0 Å². The minimum absolute atomic E-state index is 0.146. The largest absolute Gasteiger partial charge is 0.325 e. The molecule has 0 aromatic heterocycles. The second-order valence-electron chi connectivity index (χ2n) is 4.46. The zero-order valence-corrected chi connectivity index (χ0v) is 10.0. The normalized spacial score (nSPS) is 30.4. The molecule has 2 heteroatoms. The van der Waals surface area contributed by atoms with Crippen LogP contribution in [0.25, 0.3) is 0 Å². The second-order valence-corrected chi connectivity index (χ2v) is 5.38. The predicted octanol–water partition coefficient (Wildman–Crippen LogP) is 3.12. The summed E-state index contributed by atoms with van der Waals surface area (Å²) in [6.45, 7) is 2.24. The first-order valence-electron chi connectivity index (χ1n) is 5.13. The molecule has 1 aromatic rings. The summed E-state index contributed by atoms with van der Waals surface area (Å²) in [5, 5.41) is 0. The van der Waals surface area contributed by atoms with Crippen molar-refractivity contribution in [3.05, 3.63) is 34.3 Å². The van der Waals surface area contributed by atoms with Crippen molar-refractivity contribution in [2.75, 3.05) is 0 Å². The van der Waals surface area contributed by atoms with Crippen molar-refractivity contribution in [3.63, 3.8) is 0 Å². The van der Waals surface area contributed by atoms with Crippen LogP contribution in [0, 0.1) is 5.92 Å². The lowest BCUT2D eigenvalue weighted by atomic mass is 10.0. The molecule has 1 fully saturated rings. The fourth-order valence-corrected chi connectivity index (χ4v) is 2.15. The number of hydrogen-bond donors (Lipinski definition) is 1. The fourth-order valence-electron chi connectivity index (χ4n) is 1.89. The molecule has 2 atom stereocenters. The van der Waals surface area contributed by atoms with Gasteiger partial charge in [-0.15, -0.1) is 0 Å². The second kappa shape index (κ2) is 3.67. The van der Waals surface area contributed by atoms with E-state index < -0.39 is 0 Å². The lowest BCUT2D eigenvalue weighted by molar-refractivity contribution is 0.565. The zero-order valence-electron chi connectivity index (χ0n) is 8.46. The van der Waals surface area contributed by atoms with E-state index in [0.717, 1.165) is 23.2 Å². The SMILES string of the molecule is CC1CC1(N)CCc1ccc(Br)cc1. The monoisotopic (exact) mass is 253 g/mol. The maximum Gasteiger partial charge on any atom is 0.0187 e. The molecule has 0 saturated heterocycles. The van der Waals surface area contributed by atoms with Crippen molar-refractivity contribution < 1.29 is 0 Å². The van der Waals surface area contributed by atoms with E-state index >= 15 is 0 Å². The zero-order chi connectivity index (χ0) is 10.2. The first-order chi connectivity index (χ1) is 6.60. The van der Waals surface area contributed by atoms with Crippen molar-refractivity contribution in [2.45, 2.75) is 31.7 Å². The Labute approximate surface area is 93.8 Å². The average molecular weight is 254 g/mol.